The molecular weight excluding hydrogens is 408 g/mol. The molecule has 8 nitrogen and oxygen atoms in total. The van der Waals surface area contributed by atoms with E-state index in [1.807, 2.05) is 25.9 Å². The van der Waals surface area contributed by atoms with Gasteiger partial charge in [0.2, 0.25) is 5.95 Å². The second-order valence-corrected chi connectivity index (χ2v) is 8.09. The molecule has 0 unspecified atom stereocenters. The van der Waals surface area contributed by atoms with Gasteiger partial charge in [-0.2, -0.15) is 4.98 Å². The largest absolute Gasteiger partial charge is 0.586 e. The van der Waals surface area contributed by atoms with Crippen molar-refractivity contribution in [3.05, 3.63) is 35.5 Å². The van der Waals surface area contributed by atoms with Gasteiger partial charge in [-0.3, -0.25) is 4.79 Å². The van der Waals surface area contributed by atoms with E-state index in [0.717, 1.165) is 37.1 Å². The Labute approximate surface area is 179 Å². The second-order valence-electron chi connectivity index (χ2n) is 8.09. The van der Waals surface area contributed by atoms with Crippen LogP contribution in [0.3, 0.4) is 0 Å². The number of aryl methyl sites for hydroxylation is 1. The van der Waals surface area contributed by atoms with Crippen LogP contribution in [0, 0.1) is 6.92 Å². The first kappa shape index (κ1) is 21.1. The maximum atomic E-state index is 13.2. The number of hydrogen-bond acceptors (Lipinski definition) is 7. The third-order valence-corrected chi connectivity index (χ3v) is 5.43. The van der Waals surface area contributed by atoms with E-state index in [1.165, 1.54) is 18.2 Å². The zero-order valence-electron chi connectivity index (χ0n) is 17.6. The maximum Gasteiger partial charge on any atom is 0.586 e. The molecule has 0 radical (unpaired) electrons. The molecule has 1 fully saturated rings. The molecule has 2 heterocycles. The maximum absolute atomic E-state index is 13.2. The molecule has 31 heavy (non-hydrogen) atoms. The highest BCUT2D eigenvalue weighted by molar-refractivity contribution is 5.95. The molecule has 2 aromatic rings. The van der Waals surface area contributed by atoms with Crippen molar-refractivity contribution in [1.82, 2.24) is 15.3 Å². The van der Waals surface area contributed by atoms with Crippen molar-refractivity contribution < 1.29 is 23.0 Å². The molecule has 10 heteroatoms. The van der Waals surface area contributed by atoms with Crippen LogP contribution in [0.25, 0.3) is 0 Å². The molecular formula is C21H25F2N5O3. The molecule has 1 aliphatic carbocycles. The van der Waals surface area contributed by atoms with Gasteiger partial charge in [0, 0.05) is 43.5 Å². The van der Waals surface area contributed by atoms with E-state index in [9.17, 15) is 13.6 Å². The molecule has 2 N–H and O–H groups in total. The lowest BCUT2D eigenvalue weighted by Crippen LogP contribution is -2.40. The van der Waals surface area contributed by atoms with Crippen LogP contribution in [-0.4, -0.2) is 48.3 Å². The summed E-state index contributed by atoms with van der Waals surface area (Å²) in [6, 6.07) is 4.27. The van der Waals surface area contributed by atoms with Gasteiger partial charge >= 0.3 is 6.29 Å². The van der Waals surface area contributed by atoms with Crippen LogP contribution in [0.2, 0.25) is 0 Å². The molecule has 0 saturated heterocycles. The van der Waals surface area contributed by atoms with Gasteiger partial charge in [0.25, 0.3) is 5.91 Å². The van der Waals surface area contributed by atoms with Crippen molar-refractivity contribution in [2.24, 2.45) is 0 Å². The highest BCUT2D eigenvalue weighted by atomic mass is 19.3. The predicted octanol–water partition coefficient (Wildman–Crippen LogP) is 3.33. The summed E-state index contributed by atoms with van der Waals surface area (Å²) in [6.45, 7) is 1.97. The van der Waals surface area contributed by atoms with E-state index < -0.39 is 6.29 Å². The van der Waals surface area contributed by atoms with Crippen molar-refractivity contribution in [3.63, 3.8) is 0 Å². The highest BCUT2D eigenvalue weighted by Gasteiger charge is 2.43. The van der Waals surface area contributed by atoms with Gasteiger partial charge in [0.05, 0.1) is 0 Å². The third kappa shape index (κ3) is 4.78. The minimum atomic E-state index is -3.70. The van der Waals surface area contributed by atoms with E-state index in [0.29, 0.717) is 5.95 Å². The predicted molar refractivity (Wildman–Crippen MR) is 111 cm³/mol. The van der Waals surface area contributed by atoms with Crippen molar-refractivity contribution >= 4 is 17.7 Å². The number of amides is 1. The number of benzene rings is 1. The van der Waals surface area contributed by atoms with Gasteiger partial charge in [-0.05, 0) is 50.8 Å². The topological polar surface area (TPSA) is 88.6 Å². The monoisotopic (exact) mass is 433 g/mol. The fraction of sp³-hybridized carbons (Fsp3) is 0.476. The van der Waals surface area contributed by atoms with E-state index in [-0.39, 0.29) is 35.1 Å². The van der Waals surface area contributed by atoms with Crippen LogP contribution >= 0.6 is 0 Å². The minimum absolute atomic E-state index is 0.00804. The normalized spacial score (nSPS) is 21.5. The van der Waals surface area contributed by atoms with E-state index in [1.54, 1.807) is 6.20 Å². The Kier molecular flexibility index (Phi) is 5.55. The Balaban J connectivity index is 1.30. The van der Waals surface area contributed by atoms with Crippen molar-refractivity contribution in [1.29, 1.82) is 0 Å². The number of alkyl halides is 2. The number of fused-ring (bicyclic) bond motifs is 1. The highest BCUT2D eigenvalue weighted by Crippen LogP contribution is 2.41. The fourth-order valence-corrected chi connectivity index (χ4v) is 3.88. The van der Waals surface area contributed by atoms with Crippen LogP contribution in [0.1, 0.15) is 41.6 Å². The van der Waals surface area contributed by atoms with Gasteiger partial charge in [0.1, 0.15) is 5.82 Å². The first-order valence-corrected chi connectivity index (χ1v) is 10.2. The molecule has 1 saturated carbocycles. The second kappa shape index (κ2) is 8.16. The number of halogens is 2. The first-order chi connectivity index (χ1) is 14.7. The molecule has 166 valence electrons. The van der Waals surface area contributed by atoms with Crippen LogP contribution in [0.5, 0.6) is 11.5 Å². The van der Waals surface area contributed by atoms with Gasteiger partial charge in [-0.15, -0.1) is 8.78 Å². The molecule has 1 aliphatic heterocycles. The average molecular weight is 433 g/mol. The Morgan fingerprint density at radius 2 is 1.81 bits per heavy atom. The molecule has 0 spiro atoms. The molecule has 1 aromatic heterocycles. The van der Waals surface area contributed by atoms with E-state index in [2.05, 4.69) is 30.1 Å². The number of rotatable bonds is 5. The number of ether oxygens (including phenoxy) is 2. The lowest BCUT2D eigenvalue weighted by Gasteiger charge is -2.30. The molecule has 4 rings (SSSR count). The number of nitrogens with one attached hydrogen (secondary N) is 2. The van der Waals surface area contributed by atoms with Crippen molar-refractivity contribution in [3.8, 4) is 11.5 Å². The third-order valence-electron chi connectivity index (χ3n) is 5.43. The number of carbonyl (C=O) groups is 1. The zero-order chi connectivity index (χ0) is 22.2. The van der Waals surface area contributed by atoms with Crippen molar-refractivity contribution in [2.75, 3.05) is 24.3 Å². The average Bonchev–Trinajstić information content (AvgIpc) is 3.03. The van der Waals surface area contributed by atoms with Gasteiger partial charge in [-0.1, -0.05) is 0 Å². The Hall–Kier alpha value is -3.17. The molecule has 1 amide bonds. The number of aromatic nitrogens is 2. The number of hydrogen-bond donors (Lipinski definition) is 2. The van der Waals surface area contributed by atoms with E-state index >= 15 is 0 Å². The molecule has 1 aromatic carbocycles. The molecule has 0 bridgehead atoms. The lowest BCUT2D eigenvalue weighted by atomic mass is 9.91. The van der Waals surface area contributed by atoms with Gasteiger partial charge in [0.15, 0.2) is 11.5 Å². The quantitative estimate of drug-likeness (QED) is 0.748. The number of anilines is 2. The standard InChI is InChI=1S/C21H25F2N5O3/c1-12-11-24-20(27-18(12)28(2)3)26-15-7-5-14(6-8-15)25-19(29)13-4-9-16-17(10-13)31-21(22,23)30-16/h4,9-11,14-15H,5-8H2,1-3H3,(H,25,29)(H,24,26,27). The van der Waals surface area contributed by atoms with Crippen LogP contribution in [-0.2, 0) is 0 Å². The Bertz CT molecular complexity index is 977. The molecule has 0 atom stereocenters. The van der Waals surface area contributed by atoms with Crippen molar-refractivity contribution in [2.45, 2.75) is 51.0 Å². The van der Waals surface area contributed by atoms with Gasteiger partial charge < -0.3 is 25.0 Å². The van der Waals surface area contributed by atoms with Crippen LogP contribution < -0.4 is 25.0 Å². The Morgan fingerprint density at radius 3 is 2.52 bits per heavy atom. The summed E-state index contributed by atoms with van der Waals surface area (Å²) in [4.78, 5) is 23.4. The van der Waals surface area contributed by atoms with E-state index in [4.69, 9.17) is 0 Å². The van der Waals surface area contributed by atoms with Crippen LogP contribution in [0.15, 0.2) is 24.4 Å². The summed E-state index contributed by atoms with van der Waals surface area (Å²) < 4.78 is 35.1. The number of carbonyl (C=O) groups excluding carboxylic acids is 1. The molecule has 2 aliphatic rings. The summed E-state index contributed by atoms with van der Waals surface area (Å²) in [5, 5.41) is 6.36. The lowest BCUT2D eigenvalue weighted by molar-refractivity contribution is -0.286. The minimum Gasteiger partial charge on any atom is -0.395 e. The first-order valence-electron chi connectivity index (χ1n) is 10.2. The SMILES string of the molecule is Cc1cnc(NC2CCC(NC(=O)c3ccc4c(c3)OC(F)(F)O4)CC2)nc1N(C)C. The zero-order valence-corrected chi connectivity index (χ0v) is 17.6. The summed E-state index contributed by atoms with van der Waals surface area (Å²) >= 11 is 0. The summed E-state index contributed by atoms with van der Waals surface area (Å²) in [5.41, 5.74) is 1.26. The summed E-state index contributed by atoms with van der Waals surface area (Å²) in [7, 11) is 3.89. The summed E-state index contributed by atoms with van der Waals surface area (Å²) in [5.74, 6) is 0.930. The smallest absolute Gasteiger partial charge is 0.395 e. The summed E-state index contributed by atoms with van der Waals surface area (Å²) in [6.07, 6.45) is 1.39. The fourth-order valence-electron chi connectivity index (χ4n) is 3.88. The van der Waals surface area contributed by atoms with Crippen LogP contribution in [0.4, 0.5) is 20.5 Å². The Morgan fingerprint density at radius 1 is 1.13 bits per heavy atom. The van der Waals surface area contributed by atoms with Gasteiger partial charge in [-0.25, -0.2) is 4.98 Å². The number of nitrogens with zero attached hydrogens (tertiary/aromatic N) is 3.